The van der Waals surface area contributed by atoms with Gasteiger partial charge in [-0.1, -0.05) is 0 Å². The zero-order chi connectivity index (χ0) is 26.9. The molecule has 4 unspecified atom stereocenters. The number of imidazole rings is 2. The summed E-state index contributed by atoms with van der Waals surface area (Å²) in [6.45, 7) is 0.333. The molecule has 0 saturated carbocycles. The third kappa shape index (κ3) is 7.60. The van der Waals surface area contributed by atoms with Crippen molar-refractivity contribution < 1.29 is 29.1 Å². The maximum Gasteiger partial charge on any atom is 0.326 e. The lowest BCUT2D eigenvalue weighted by molar-refractivity contribution is -0.143. The van der Waals surface area contributed by atoms with Gasteiger partial charge in [0.2, 0.25) is 23.6 Å². The van der Waals surface area contributed by atoms with Crippen molar-refractivity contribution in [2.75, 3.05) is 6.54 Å². The molecule has 37 heavy (non-hydrogen) atoms. The van der Waals surface area contributed by atoms with E-state index in [9.17, 15) is 29.1 Å². The van der Waals surface area contributed by atoms with Crippen LogP contribution in [0.15, 0.2) is 25.0 Å². The second-order valence-corrected chi connectivity index (χ2v) is 8.82. The summed E-state index contributed by atoms with van der Waals surface area (Å²) in [5.41, 5.74) is 12.4. The first-order valence-corrected chi connectivity index (χ1v) is 11.8. The number of carboxylic acid groups (broad SMARTS) is 1. The summed E-state index contributed by atoms with van der Waals surface area (Å²) >= 11 is 0. The molecule has 4 atom stereocenters. The Labute approximate surface area is 211 Å². The van der Waals surface area contributed by atoms with Crippen molar-refractivity contribution in [3.8, 4) is 0 Å². The fourth-order valence-corrected chi connectivity index (χ4v) is 4.15. The number of carbonyl (C=O) groups excluding carboxylic acids is 4. The summed E-state index contributed by atoms with van der Waals surface area (Å²) in [5.74, 6) is -3.80. The summed E-state index contributed by atoms with van der Waals surface area (Å²) in [6, 6.07) is -4.30. The van der Waals surface area contributed by atoms with Crippen molar-refractivity contribution >= 4 is 29.6 Å². The number of nitrogens with zero attached hydrogens (tertiary/aromatic N) is 3. The maximum atomic E-state index is 13.2. The van der Waals surface area contributed by atoms with Gasteiger partial charge >= 0.3 is 5.97 Å². The molecule has 3 heterocycles. The van der Waals surface area contributed by atoms with Crippen LogP contribution in [0.25, 0.3) is 0 Å². The Morgan fingerprint density at radius 2 is 1.70 bits per heavy atom. The molecule has 1 aliphatic heterocycles. The molecule has 1 fully saturated rings. The van der Waals surface area contributed by atoms with E-state index in [1.165, 1.54) is 23.8 Å². The molecule has 200 valence electrons. The highest BCUT2D eigenvalue weighted by molar-refractivity contribution is 5.94. The fraction of sp³-hybridized carbons (Fsp3) is 0.500. The number of primary amides is 1. The van der Waals surface area contributed by atoms with Gasteiger partial charge in [-0.05, 0) is 19.3 Å². The molecule has 4 amide bonds. The van der Waals surface area contributed by atoms with Gasteiger partial charge in [-0.3, -0.25) is 19.2 Å². The molecule has 15 nitrogen and oxygen atoms in total. The molecule has 0 radical (unpaired) electrons. The molecule has 2 aromatic heterocycles. The Morgan fingerprint density at radius 1 is 1.05 bits per heavy atom. The summed E-state index contributed by atoms with van der Waals surface area (Å²) in [4.78, 5) is 76.8. The number of likely N-dealkylation sites (tertiary alicyclic amines) is 1. The van der Waals surface area contributed by atoms with Crippen molar-refractivity contribution in [2.45, 2.75) is 62.7 Å². The molecule has 2 aromatic rings. The van der Waals surface area contributed by atoms with Crippen LogP contribution < -0.4 is 22.1 Å². The maximum absolute atomic E-state index is 13.2. The first kappa shape index (κ1) is 27.3. The summed E-state index contributed by atoms with van der Waals surface area (Å²) in [5, 5.41) is 14.4. The van der Waals surface area contributed by atoms with Gasteiger partial charge < -0.3 is 42.1 Å². The van der Waals surface area contributed by atoms with Gasteiger partial charge in [-0.25, -0.2) is 14.8 Å². The second-order valence-electron chi connectivity index (χ2n) is 8.82. The van der Waals surface area contributed by atoms with E-state index in [1.807, 2.05) is 0 Å². The van der Waals surface area contributed by atoms with Gasteiger partial charge in [-0.2, -0.15) is 0 Å². The Bertz CT molecular complexity index is 1090. The minimum absolute atomic E-state index is 0.0142. The van der Waals surface area contributed by atoms with Gasteiger partial charge in [-0.15, -0.1) is 0 Å². The highest BCUT2D eigenvalue weighted by Crippen LogP contribution is 2.19. The first-order chi connectivity index (χ1) is 17.7. The lowest BCUT2D eigenvalue weighted by Gasteiger charge is -2.28. The summed E-state index contributed by atoms with van der Waals surface area (Å²) < 4.78 is 0. The topological polar surface area (TPSA) is 242 Å². The highest BCUT2D eigenvalue weighted by Gasteiger charge is 2.38. The van der Waals surface area contributed by atoms with Crippen LogP contribution >= 0.6 is 0 Å². The Morgan fingerprint density at radius 3 is 2.27 bits per heavy atom. The smallest absolute Gasteiger partial charge is 0.326 e. The van der Waals surface area contributed by atoms with Crippen molar-refractivity contribution in [1.82, 2.24) is 35.5 Å². The molecule has 0 bridgehead atoms. The van der Waals surface area contributed by atoms with Crippen molar-refractivity contribution in [3.05, 3.63) is 36.4 Å². The molecule has 0 aliphatic carbocycles. The lowest BCUT2D eigenvalue weighted by Crippen LogP contribution is -2.57. The standard InChI is InChI=1S/C22H31N9O6/c23-14(6-12-8-25-10-27-12)21(35)31-5-1-2-17(31)20(34)30-16(7-13-9-26-11-28-13)19(33)29-15(22(36)37)3-4-18(24)32/h8-11,14-17H,1-7,23H2,(H2,24,32)(H,25,27)(H,26,28)(H,29,33)(H,30,34)(H,36,37). The third-order valence-corrected chi connectivity index (χ3v) is 6.06. The molecule has 0 aromatic carbocycles. The van der Waals surface area contributed by atoms with E-state index in [2.05, 4.69) is 30.6 Å². The van der Waals surface area contributed by atoms with Crippen molar-refractivity contribution in [3.63, 3.8) is 0 Å². The zero-order valence-corrected chi connectivity index (χ0v) is 20.1. The van der Waals surface area contributed by atoms with Crippen molar-refractivity contribution in [2.24, 2.45) is 11.5 Å². The molecule has 15 heteroatoms. The van der Waals surface area contributed by atoms with Crippen LogP contribution in [0.4, 0.5) is 0 Å². The normalized spacial score (nSPS) is 17.5. The average molecular weight is 518 g/mol. The van der Waals surface area contributed by atoms with Gasteiger partial charge in [0.05, 0.1) is 18.7 Å². The lowest BCUT2D eigenvalue weighted by atomic mass is 10.1. The van der Waals surface area contributed by atoms with Gasteiger partial charge in [0.25, 0.3) is 0 Å². The monoisotopic (exact) mass is 517 g/mol. The number of aromatic amines is 2. The van der Waals surface area contributed by atoms with Crippen LogP contribution in [0, 0.1) is 0 Å². The predicted octanol–water partition coefficient (Wildman–Crippen LogP) is -2.44. The number of nitrogens with two attached hydrogens (primary N) is 2. The molecule has 1 aliphatic rings. The van der Waals surface area contributed by atoms with E-state index < -0.39 is 53.8 Å². The van der Waals surface area contributed by atoms with E-state index >= 15 is 0 Å². The largest absolute Gasteiger partial charge is 0.480 e. The molecular formula is C22H31N9O6. The van der Waals surface area contributed by atoms with Gasteiger partial charge in [0.15, 0.2) is 0 Å². The molecule has 3 rings (SSSR count). The number of hydrogen-bond acceptors (Lipinski definition) is 8. The van der Waals surface area contributed by atoms with Gasteiger partial charge in [0.1, 0.15) is 18.1 Å². The average Bonchev–Trinajstić information content (AvgIpc) is 3.63. The van der Waals surface area contributed by atoms with Crippen LogP contribution in [0.1, 0.15) is 37.1 Å². The van der Waals surface area contributed by atoms with E-state index in [0.29, 0.717) is 30.8 Å². The fourth-order valence-electron chi connectivity index (χ4n) is 4.15. The number of carbonyl (C=O) groups is 5. The van der Waals surface area contributed by atoms with Crippen LogP contribution in [-0.2, 0) is 36.8 Å². The minimum Gasteiger partial charge on any atom is -0.480 e. The van der Waals surface area contributed by atoms with E-state index in [0.717, 1.165) is 0 Å². The summed E-state index contributed by atoms with van der Waals surface area (Å²) in [6.07, 6.45) is 6.62. The number of carboxylic acids is 1. The highest BCUT2D eigenvalue weighted by atomic mass is 16.4. The zero-order valence-electron chi connectivity index (χ0n) is 20.1. The SMILES string of the molecule is NC(=O)CCC(NC(=O)C(Cc1cnc[nH]1)NC(=O)C1CCCN1C(=O)C(N)Cc1cnc[nH]1)C(=O)O. The number of aliphatic carboxylic acids is 1. The second kappa shape index (κ2) is 12.6. The first-order valence-electron chi connectivity index (χ1n) is 11.8. The number of rotatable bonds is 13. The quantitative estimate of drug-likeness (QED) is 0.149. The molecular weight excluding hydrogens is 486 g/mol. The molecule has 9 N–H and O–H groups in total. The van der Waals surface area contributed by atoms with E-state index in [-0.39, 0.29) is 25.7 Å². The van der Waals surface area contributed by atoms with Crippen LogP contribution in [0.5, 0.6) is 0 Å². The third-order valence-electron chi connectivity index (χ3n) is 6.06. The Hall–Kier alpha value is -4.27. The molecule has 1 saturated heterocycles. The Kier molecular flexibility index (Phi) is 9.32. The molecule has 0 spiro atoms. The van der Waals surface area contributed by atoms with E-state index in [1.54, 1.807) is 6.20 Å². The number of H-pyrrole nitrogens is 2. The Balaban J connectivity index is 1.69. The van der Waals surface area contributed by atoms with Crippen LogP contribution in [0.3, 0.4) is 0 Å². The predicted molar refractivity (Wildman–Crippen MR) is 127 cm³/mol. The van der Waals surface area contributed by atoms with Crippen LogP contribution in [0.2, 0.25) is 0 Å². The number of aromatic nitrogens is 4. The van der Waals surface area contributed by atoms with Gasteiger partial charge in [0, 0.05) is 49.6 Å². The summed E-state index contributed by atoms with van der Waals surface area (Å²) in [7, 11) is 0. The van der Waals surface area contributed by atoms with E-state index in [4.69, 9.17) is 11.5 Å². The van der Waals surface area contributed by atoms with Crippen molar-refractivity contribution in [1.29, 1.82) is 0 Å². The number of amides is 4. The minimum atomic E-state index is -1.38. The number of hydrogen-bond donors (Lipinski definition) is 7. The van der Waals surface area contributed by atoms with Crippen LogP contribution in [-0.4, -0.2) is 90.3 Å². The number of nitrogens with one attached hydrogen (secondary N) is 4.